The molecule has 0 amide bonds. The first-order chi connectivity index (χ1) is 10.7. The van der Waals surface area contributed by atoms with Gasteiger partial charge in [-0.25, -0.2) is 0 Å². The summed E-state index contributed by atoms with van der Waals surface area (Å²) in [7, 11) is 3.40. The van der Waals surface area contributed by atoms with Gasteiger partial charge in [-0.3, -0.25) is 19.2 Å². The maximum absolute atomic E-state index is 11.9. The van der Waals surface area contributed by atoms with Gasteiger partial charge >= 0.3 is 23.9 Å². The molecule has 0 fully saturated rings. The third-order valence-corrected chi connectivity index (χ3v) is 3.66. The summed E-state index contributed by atoms with van der Waals surface area (Å²) in [6, 6.07) is 0. The molecule has 0 spiro atoms. The van der Waals surface area contributed by atoms with E-state index < -0.39 is 47.5 Å². The van der Waals surface area contributed by atoms with Crippen LogP contribution in [0.4, 0.5) is 0 Å². The molecule has 0 rings (SSSR count). The zero-order chi connectivity index (χ0) is 18.2. The van der Waals surface area contributed by atoms with Crippen LogP contribution in [0.1, 0.15) is 13.3 Å². The largest absolute Gasteiger partial charge is 0.481 e. The molecule has 4 unspecified atom stereocenters. The minimum Gasteiger partial charge on any atom is -0.481 e. The van der Waals surface area contributed by atoms with Crippen LogP contribution < -0.4 is 0 Å². The molecule has 1 N–H and O–H groups in total. The monoisotopic (exact) mass is 330 g/mol. The van der Waals surface area contributed by atoms with Gasteiger partial charge in [0.15, 0.2) is 0 Å². The summed E-state index contributed by atoms with van der Waals surface area (Å²) < 4.78 is 13.8. The molecule has 0 aliphatic rings. The molecule has 0 saturated carbocycles. The molecule has 0 radical (unpaired) electrons. The number of carbonyl (C=O) groups is 4. The molecular weight excluding hydrogens is 308 g/mol. The molecule has 8 heteroatoms. The smallest absolute Gasteiger partial charge is 0.311 e. The fourth-order valence-corrected chi connectivity index (χ4v) is 2.26. The molecular formula is C15H22O8. The Kier molecular flexibility index (Phi) is 8.61. The quantitative estimate of drug-likeness (QED) is 0.372. The molecule has 0 saturated heterocycles. The highest BCUT2D eigenvalue weighted by atomic mass is 16.5. The van der Waals surface area contributed by atoms with Crippen molar-refractivity contribution in [3.05, 3.63) is 12.7 Å². The third-order valence-electron chi connectivity index (χ3n) is 3.66. The van der Waals surface area contributed by atoms with Crippen molar-refractivity contribution in [2.45, 2.75) is 13.3 Å². The maximum atomic E-state index is 11.9. The van der Waals surface area contributed by atoms with E-state index in [1.54, 1.807) is 0 Å². The number of methoxy groups -OCH3 is 3. The van der Waals surface area contributed by atoms with E-state index in [9.17, 15) is 24.3 Å². The van der Waals surface area contributed by atoms with E-state index in [-0.39, 0.29) is 6.42 Å². The van der Waals surface area contributed by atoms with Crippen molar-refractivity contribution in [3.8, 4) is 0 Å². The number of carboxylic acids is 1. The van der Waals surface area contributed by atoms with Gasteiger partial charge in [-0.1, -0.05) is 13.0 Å². The van der Waals surface area contributed by atoms with Gasteiger partial charge < -0.3 is 19.3 Å². The summed E-state index contributed by atoms with van der Waals surface area (Å²) in [5, 5.41) is 9.20. The summed E-state index contributed by atoms with van der Waals surface area (Å²) in [5.74, 6) is -7.95. The van der Waals surface area contributed by atoms with Gasteiger partial charge in [-0.2, -0.15) is 0 Å². The number of hydrogen-bond donors (Lipinski definition) is 1. The van der Waals surface area contributed by atoms with Gasteiger partial charge in [0.05, 0.1) is 45.0 Å². The zero-order valence-corrected chi connectivity index (χ0v) is 13.6. The summed E-state index contributed by atoms with van der Waals surface area (Å²) in [6.45, 7) is 4.83. The predicted octanol–water partition coefficient (Wildman–Crippen LogP) is 0.651. The molecule has 4 atom stereocenters. The summed E-state index contributed by atoms with van der Waals surface area (Å²) in [4.78, 5) is 46.8. The number of aliphatic carboxylic acids is 1. The van der Waals surface area contributed by atoms with Crippen molar-refractivity contribution in [2.24, 2.45) is 23.7 Å². The Morgan fingerprint density at radius 3 is 1.74 bits per heavy atom. The van der Waals surface area contributed by atoms with Gasteiger partial charge in [0.2, 0.25) is 0 Å². The van der Waals surface area contributed by atoms with Crippen LogP contribution >= 0.6 is 0 Å². The van der Waals surface area contributed by atoms with E-state index in [4.69, 9.17) is 0 Å². The number of esters is 3. The predicted molar refractivity (Wildman–Crippen MR) is 78.1 cm³/mol. The van der Waals surface area contributed by atoms with Crippen LogP contribution in [-0.4, -0.2) is 50.3 Å². The Balaban J connectivity index is 5.63. The number of rotatable bonds is 9. The first kappa shape index (κ1) is 20.6. The van der Waals surface area contributed by atoms with Crippen LogP contribution in [0.5, 0.6) is 0 Å². The van der Waals surface area contributed by atoms with Crippen molar-refractivity contribution in [2.75, 3.05) is 21.3 Å². The normalized spacial score (nSPS) is 15.5. The fraction of sp³-hybridized carbons (Fsp3) is 0.600. The molecule has 0 bridgehead atoms. The van der Waals surface area contributed by atoms with E-state index in [2.05, 4.69) is 20.8 Å². The highest BCUT2D eigenvalue weighted by Gasteiger charge is 2.40. The van der Waals surface area contributed by atoms with Crippen LogP contribution in [0.15, 0.2) is 12.7 Å². The third kappa shape index (κ3) is 5.39. The summed E-state index contributed by atoms with van der Waals surface area (Å²) >= 11 is 0. The molecule has 0 aromatic heterocycles. The lowest BCUT2D eigenvalue weighted by Gasteiger charge is -2.26. The molecule has 0 aliphatic heterocycles. The maximum Gasteiger partial charge on any atom is 0.311 e. The van der Waals surface area contributed by atoms with E-state index in [1.165, 1.54) is 6.92 Å². The SMILES string of the molecule is C=CC(C(=O)O)C(CC(C(=O)OC)C(C)C(=O)OC)C(=O)OC. The van der Waals surface area contributed by atoms with Crippen LogP contribution in [0.3, 0.4) is 0 Å². The Labute approximate surface area is 134 Å². The Hall–Kier alpha value is -2.38. The van der Waals surface area contributed by atoms with Crippen molar-refractivity contribution >= 4 is 23.9 Å². The summed E-state index contributed by atoms with van der Waals surface area (Å²) in [6.07, 6.45) is 0.833. The van der Waals surface area contributed by atoms with E-state index >= 15 is 0 Å². The molecule has 0 aliphatic carbocycles. The molecule has 8 nitrogen and oxygen atoms in total. The van der Waals surface area contributed by atoms with Crippen LogP contribution in [0.2, 0.25) is 0 Å². The van der Waals surface area contributed by atoms with E-state index in [0.29, 0.717) is 0 Å². The van der Waals surface area contributed by atoms with Crippen molar-refractivity contribution in [1.82, 2.24) is 0 Å². The minimum absolute atomic E-state index is 0.251. The van der Waals surface area contributed by atoms with Gasteiger partial charge in [0, 0.05) is 0 Å². The number of carboxylic acid groups (broad SMARTS) is 1. The van der Waals surface area contributed by atoms with Crippen molar-refractivity contribution < 1.29 is 38.5 Å². The van der Waals surface area contributed by atoms with Crippen molar-refractivity contribution in [1.29, 1.82) is 0 Å². The van der Waals surface area contributed by atoms with Crippen LogP contribution in [0.25, 0.3) is 0 Å². The molecule has 0 aromatic carbocycles. The summed E-state index contributed by atoms with van der Waals surface area (Å²) in [5.41, 5.74) is 0. The first-order valence-corrected chi connectivity index (χ1v) is 6.83. The Bertz CT molecular complexity index is 470. The van der Waals surface area contributed by atoms with Crippen LogP contribution in [-0.2, 0) is 33.4 Å². The average molecular weight is 330 g/mol. The molecule has 130 valence electrons. The second-order valence-corrected chi connectivity index (χ2v) is 4.91. The second kappa shape index (κ2) is 9.60. The lowest BCUT2D eigenvalue weighted by molar-refractivity contribution is -0.161. The lowest BCUT2D eigenvalue weighted by Crippen LogP contribution is -2.37. The van der Waals surface area contributed by atoms with Crippen molar-refractivity contribution in [3.63, 3.8) is 0 Å². The van der Waals surface area contributed by atoms with Gasteiger partial charge in [-0.05, 0) is 6.42 Å². The first-order valence-electron chi connectivity index (χ1n) is 6.83. The fourth-order valence-electron chi connectivity index (χ4n) is 2.26. The molecule has 0 heterocycles. The molecule has 23 heavy (non-hydrogen) atoms. The standard InChI is InChI=1S/C15H22O8/c1-6-9(12(16)17)11(15(20)23-5)7-10(14(19)22-4)8(2)13(18)21-3/h6,8-11H,1,7H2,2-5H3,(H,16,17). The van der Waals surface area contributed by atoms with Crippen LogP contribution in [0, 0.1) is 23.7 Å². The Morgan fingerprint density at radius 2 is 1.39 bits per heavy atom. The molecule has 0 aromatic rings. The minimum atomic E-state index is -1.29. The van der Waals surface area contributed by atoms with E-state index in [1.807, 2.05) is 0 Å². The Morgan fingerprint density at radius 1 is 0.957 bits per heavy atom. The highest BCUT2D eigenvalue weighted by Crippen LogP contribution is 2.29. The lowest BCUT2D eigenvalue weighted by atomic mass is 9.79. The topological polar surface area (TPSA) is 116 Å². The van der Waals surface area contributed by atoms with Gasteiger partial charge in [0.1, 0.15) is 0 Å². The van der Waals surface area contributed by atoms with E-state index in [0.717, 1.165) is 27.4 Å². The second-order valence-electron chi connectivity index (χ2n) is 4.91. The van der Waals surface area contributed by atoms with Gasteiger partial charge in [0.25, 0.3) is 0 Å². The number of carbonyl (C=O) groups excluding carboxylic acids is 3. The zero-order valence-electron chi connectivity index (χ0n) is 13.6. The number of ether oxygens (including phenoxy) is 3. The number of hydrogen-bond acceptors (Lipinski definition) is 7. The highest BCUT2D eigenvalue weighted by molar-refractivity contribution is 5.85. The average Bonchev–Trinajstić information content (AvgIpc) is 2.55. The van der Waals surface area contributed by atoms with Gasteiger partial charge in [-0.15, -0.1) is 6.58 Å².